The summed E-state index contributed by atoms with van der Waals surface area (Å²) in [5, 5.41) is 2.89. The Hall–Kier alpha value is -2.89. The van der Waals surface area contributed by atoms with Crippen LogP contribution in [-0.4, -0.2) is 43.5 Å². The maximum atomic E-state index is 13.6. The first-order valence-corrected chi connectivity index (χ1v) is 9.53. The van der Waals surface area contributed by atoms with Crippen molar-refractivity contribution in [3.8, 4) is 5.75 Å². The number of carbonyl (C=O) groups is 2. The molecule has 0 unspecified atom stereocenters. The predicted octanol–water partition coefficient (Wildman–Crippen LogP) is 3.05. The van der Waals surface area contributed by atoms with E-state index in [-0.39, 0.29) is 23.5 Å². The average Bonchev–Trinajstić information content (AvgIpc) is 2.74. The molecule has 0 spiro atoms. The monoisotopic (exact) mass is 384 g/mol. The van der Waals surface area contributed by atoms with Gasteiger partial charge in [0.05, 0.1) is 7.11 Å². The first kappa shape index (κ1) is 19.9. The molecule has 2 amide bonds. The quantitative estimate of drug-likeness (QED) is 0.833. The molecule has 1 fully saturated rings. The zero-order valence-corrected chi connectivity index (χ0v) is 16.0. The topological polar surface area (TPSA) is 58.6 Å². The van der Waals surface area contributed by atoms with Gasteiger partial charge in [-0.05, 0) is 55.2 Å². The number of amides is 2. The van der Waals surface area contributed by atoms with Crippen molar-refractivity contribution >= 4 is 11.8 Å². The molecule has 6 heteroatoms. The van der Waals surface area contributed by atoms with E-state index in [2.05, 4.69) is 5.32 Å². The molecule has 1 heterocycles. The van der Waals surface area contributed by atoms with Crippen LogP contribution < -0.4 is 10.1 Å². The summed E-state index contributed by atoms with van der Waals surface area (Å²) in [5.74, 6) is 0.305. The van der Waals surface area contributed by atoms with Gasteiger partial charge in [0.25, 0.3) is 5.91 Å². The lowest BCUT2D eigenvalue weighted by atomic mass is 9.95. The summed E-state index contributed by atoms with van der Waals surface area (Å²) in [4.78, 5) is 26.7. The highest BCUT2D eigenvalue weighted by atomic mass is 19.1. The number of likely N-dealkylation sites (tertiary alicyclic amines) is 1. The molecule has 5 nitrogen and oxygen atoms in total. The highest BCUT2D eigenvalue weighted by molar-refractivity contribution is 5.94. The fourth-order valence-electron chi connectivity index (χ4n) is 3.43. The SMILES string of the molecule is COc1ccc(C(=O)N2CCC(C(=O)NCCc3ccccc3F)CC2)cc1. The van der Waals surface area contributed by atoms with Gasteiger partial charge in [-0.1, -0.05) is 18.2 Å². The molecule has 0 atom stereocenters. The summed E-state index contributed by atoms with van der Waals surface area (Å²) >= 11 is 0. The Labute approximate surface area is 164 Å². The van der Waals surface area contributed by atoms with Gasteiger partial charge in [-0.3, -0.25) is 9.59 Å². The molecule has 148 valence electrons. The number of nitrogens with one attached hydrogen (secondary N) is 1. The first-order valence-electron chi connectivity index (χ1n) is 9.53. The second-order valence-electron chi connectivity index (χ2n) is 6.93. The van der Waals surface area contributed by atoms with Crippen LogP contribution in [-0.2, 0) is 11.2 Å². The van der Waals surface area contributed by atoms with Crippen LogP contribution in [0.25, 0.3) is 0 Å². The van der Waals surface area contributed by atoms with E-state index >= 15 is 0 Å². The lowest BCUT2D eigenvalue weighted by Gasteiger charge is -2.31. The fraction of sp³-hybridized carbons (Fsp3) is 0.364. The minimum absolute atomic E-state index is 0.0205. The normalized spacial score (nSPS) is 14.6. The van der Waals surface area contributed by atoms with Crippen LogP contribution >= 0.6 is 0 Å². The van der Waals surface area contributed by atoms with Crippen molar-refractivity contribution in [3.63, 3.8) is 0 Å². The molecule has 0 radical (unpaired) electrons. The molecule has 2 aromatic rings. The van der Waals surface area contributed by atoms with E-state index in [0.717, 1.165) is 0 Å². The van der Waals surface area contributed by atoms with E-state index in [1.807, 2.05) is 0 Å². The van der Waals surface area contributed by atoms with Crippen molar-refractivity contribution in [2.75, 3.05) is 26.7 Å². The van der Waals surface area contributed by atoms with Gasteiger partial charge in [0, 0.05) is 31.1 Å². The molecule has 2 aromatic carbocycles. The van der Waals surface area contributed by atoms with E-state index in [9.17, 15) is 14.0 Å². The molecule has 1 aliphatic rings. The van der Waals surface area contributed by atoms with Crippen molar-refractivity contribution in [2.24, 2.45) is 5.92 Å². The largest absolute Gasteiger partial charge is 0.497 e. The highest BCUT2D eigenvalue weighted by Gasteiger charge is 2.27. The summed E-state index contributed by atoms with van der Waals surface area (Å²) in [7, 11) is 1.59. The standard InChI is InChI=1S/C22H25FN2O3/c1-28-19-8-6-18(7-9-19)22(27)25-14-11-17(12-15-25)21(26)24-13-10-16-4-2-3-5-20(16)23/h2-9,17H,10-15H2,1H3,(H,24,26). The van der Waals surface area contributed by atoms with E-state index in [1.165, 1.54) is 6.07 Å². The van der Waals surface area contributed by atoms with Crippen LogP contribution in [0.4, 0.5) is 4.39 Å². The molecule has 3 rings (SSSR count). The number of ether oxygens (including phenoxy) is 1. The Morgan fingerprint density at radius 3 is 2.43 bits per heavy atom. The lowest BCUT2D eigenvalue weighted by molar-refractivity contribution is -0.126. The summed E-state index contributed by atoms with van der Waals surface area (Å²) in [6, 6.07) is 13.6. The smallest absolute Gasteiger partial charge is 0.253 e. The van der Waals surface area contributed by atoms with Gasteiger partial charge in [-0.15, -0.1) is 0 Å². The third-order valence-corrected chi connectivity index (χ3v) is 5.14. The third kappa shape index (κ3) is 4.88. The Bertz CT molecular complexity index is 815. The van der Waals surface area contributed by atoms with E-state index in [1.54, 1.807) is 54.5 Å². The zero-order valence-electron chi connectivity index (χ0n) is 16.0. The van der Waals surface area contributed by atoms with Crippen LogP contribution in [0, 0.1) is 11.7 Å². The number of benzene rings is 2. The van der Waals surface area contributed by atoms with Crippen LogP contribution in [0.2, 0.25) is 0 Å². The van der Waals surface area contributed by atoms with Crippen molar-refractivity contribution < 1.29 is 18.7 Å². The molecule has 0 bridgehead atoms. The molecule has 0 aromatic heterocycles. The van der Waals surface area contributed by atoms with E-state index in [4.69, 9.17) is 4.74 Å². The number of methoxy groups -OCH3 is 1. The van der Waals surface area contributed by atoms with Gasteiger partial charge in [0.2, 0.25) is 5.91 Å². The number of rotatable bonds is 6. The van der Waals surface area contributed by atoms with Gasteiger partial charge >= 0.3 is 0 Å². The number of nitrogens with zero attached hydrogens (tertiary/aromatic N) is 1. The summed E-state index contributed by atoms with van der Waals surface area (Å²) in [6.45, 7) is 1.51. The van der Waals surface area contributed by atoms with Crippen molar-refractivity contribution in [2.45, 2.75) is 19.3 Å². The number of carbonyl (C=O) groups excluding carboxylic acids is 2. The number of piperidine rings is 1. The minimum atomic E-state index is -0.248. The number of halogens is 1. The number of hydrogen-bond donors (Lipinski definition) is 1. The Morgan fingerprint density at radius 2 is 1.79 bits per heavy atom. The summed E-state index contributed by atoms with van der Waals surface area (Å²) in [5.41, 5.74) is 1.22. The second kappa shape index (κ2) is 9.35. The Balaban J connectivity index is 1.44. The molecule has 1 aliphatic heterocycles. The molecular weight excluding hydrogens is 359 g/mol. The van der Waals surface area contributed by atoms with Crippen LogP contribution in [0.3, 0.4) is 0 Å². The number of hydrogen-bond acceptors (Lipinski definition) is 3. The Morgan fingerprint density at radius 1 is 1.11 bits per heavy atom. The second-order valence-corrected chi connectivity index (χ2v) is 6.93. The maximum absolute atomic E-state index is 13.6. The average molecular weight is 384 g/mol. The van der Waals surface area contributed by atoms with Gasteiger partial charge in [-0.25, -0.2) is 4.39 Å². The molecular formula is C22H25FN2O3. The van der Waals surface area contributed by atoms with Crippen molar-refractivity contribution in [1.82, 2.24) is 10.2 Å². The van der Waals surface area contributed by atoms with E-state index in [0.29, 0.717) is 55.8 Å². The Kier molecular flexibility index (Phi) is 6.63. The maximum Gasteiger partial charge on any atom is 0.253 e. The van der Waals surface area contributed by atoms with Crippen molar-refractivity contribution in [3.05, 3.63) is 65.5 Å². The molecule has 1 N–H and O–H groups in total. The third-order valence-electron chi connectivity index (χ3n) is 5.14. The van der Waals surface area contributed by atoms with Gasteiger partial charge in [0.15, 0.2) is 0 Å². The van der Waals surface area contributed by atoms with Gasteiger partial charge in [0.1, 0.15) is 11.6 Å². The lowest BCUT2D eigenvalue weighted by Crippen LogP contribution is -2.43. The van der Waals surface area contributed by atoms with Crippen LogP contribution in [0.15, 0.2) is 48.5 Å². The molecule has 0 aliphatic carbocycles. The van der Waals surface area contributed by atoms with E-state index < -0.39 is 0 Å². The van der Waals surface area contributed by atoms with Gasteiger partial charge in [-0.2, -0.15) is 0 Å². The van der Waals surface area contributed by atoms with Gasteiger partial charge < -0.3 is 15.0 Å². The molecule has 28 heavy (non-hydrogen) atoms. The predicted molar refractivity (Wildman–Crippen MR) is 105 cm³/mol. The summed E-state index contributed by atoms with van der Waals surface area (Å²) in [6.07, 6.45) is 1.73. The van der Waals surface area contributed by atoms with Crippen molar-refractivity contribution in [1.29, 1.82) is 0 Å². The first-order chi connectivity index (χ1) is 13.6. The summed E-state index contributed by atoms with van der Waals surface area (Å²) < 4.78 is 18.7. The highest BCUT2D eigenvalue weighted by Crippen LogP contribution is 2.20. The molecule has 0 saturated carbocycles. The van der Waals surface area contributed by atoms with Crippen LogP contribution in [0.5, 0.6) is 5.75 Å². The minimum Gasteiger partial charge on any atom is -0.497 e. The van der Waals surface area contributed by atoms with Crippen LogP contribution in [0.1, 0.15) is 28.8 Å². The molecule has 1 saturated heterocycles. The zero-order chi connectivity index (χ0) is 19.9. The fourth-order valence-corrected chi connectivity index (χ4v) is 3.43.